The van der Waals surface area contributed by atoms with Crippen LogP contribution in [0.4, 0.5) is 23.7 Å². The zero-order valence-corrected chi connectivity index (χ0v) is 14.8. The van der Waals surface area contributed by atoms with Crippen LogP contribution in [0.1, 0.15) is 45.9 Å². The zero-order valence-electron chi connectivity index (χ0n) is 19.0. The topological polar surface area (TPSA) is 58.6 Å². The molecule has 0 aliphatic heterocycles. The molecule has 1 fully saturated rings. The number of rotatable bonds is 2. The molecule has 8 heteroatoms. The Morgan fingerprint density at radius 1 is 1.42 bits per heavy atom. The minimum Gasteiger partial charge on any atom is -0.444 e. The number of nitrogens with one attached hydrogen (secondary N) is 1. The van der Waals surface area contributed by atoms with Crippen LogP contribution >= 0.6 is 11.6 Å². The molecule has 26 heavy (non-hydrogen) atoms. The Hall–Kier alpha value is -1.91. The van der Waals surface area contributed by atoms with Crippen LogP contribution in [0, 0.1) is 17.7 Å². The molecule has 0 heterocycles. The Morgan fingerprint density at radius 2 is 2.04 bits per heavy atom. The van der Waals surface area contributed by atoms with Crippen molar-refractivity contribution >= 4 is 23.4 Å². The van der Waals surface area contributed by atoms with Crippen LogP contribution in [0.5, 0.6) is 0 Å². The van der Waals surface area contributed by atoms with Crippen LogP contribution in [0.3, 0.4) is 0 Å². The van der Waals surface area contributed by atoms with E-state index in [1.807, 2.05) is 0 Å². The molecular weight excluding hydrogens is 371 g/mol. The van der Waals surface area contributed by atoms with Crippen molar-refractivity contribution in [2.75, 3.05) is 5.32 Å². The molecule has 2 N–H and O–H groups in total. The van der Waals surface area contributed by atoms with Crippen LogP contribution in [-0.2, 0) is 10.3 Å². The third kappa shape index (κ3) is 5.05. The molecule has 1 unspecified atom stereocenters. The summed E-state index contributed by atoms with van der Waals surface area (Å²) in [6.45, 7) is 4.58. The normalized spacial score (nSPS) is 24.8. The van der Waals surface area contributed by atoms with Gasteiger partial charge in [0.2, 0.25) is 5.60 Å². The lowest BCUT2D eigenvalue weighted by atomic mass is 9.91. The molecule has 1 saturated carbocycles. The summed E-state index contributed by atoms with van der Waals surface area (Å²) in [6.07, 6.45) is -12.3. The second-order valence-electron chi connectivity index (χ2n) is 6.40. The molecule has 4 nitrogen and oxygen atoms in total. The van der Waals surface area contributed by atoms with Crippen molar-refractivity contribution in [3.05, 3.63) is 28.8 Å². The monoisotopic (exact) mass is 394 g/mol. The number of carbonyl (C=O) groups excluding carboxylic acids is 1. The maximum atomic E-state index is 13.9. The number of hydrogen-bond donors (Lipinski definition) is 2. The van der Waals surface area contributed by atoms with Crippen LogP contribution in [-0.4, -0.2) is 23.0 Å². The number of ether oxygens (including phenoxy) is 1. The number of halogens is 4. The summed E-state index contributed by atoms with van der Waals surface area (Å²) in [5, 5.41) is 12.4. The number of carbonyl (C=O) groups is 1. The quantitative estimate of drug-likeness (QED) is 0.705. The number of anilines is 1. The van der Waals surface area contributed by atoms with Crippen molar-refractivity contribution in [1.82, 2.24) is 0 Å². The Bertz CT molecular complexity index is 955. The average Bonchev–Trinajstić information content (AvgIpc) is 2.88. The average molecular weight is 395 g/mol. The molecule has 142 valence electrons. The van der Waals surface area contributed by atoms with Crippen LogP contribution in [0.2, 0.25) is 5.02 Å². The second kappa shape index (κ2) is 7.01. The Balaban J connectivity index is 2.60. The van der Waals surface area contributed by atoms with Crippen LogP contribution < -0.4 is 5.32 Å². The summed E-state index contributed by atoms with van der Waals surface area (Å²) in [5.74, 6) is 0.188. The SMILES string of the molecule is [2H]C1([2H])C([2H])([2H])C1([2H])C#CC(O)(c1cc(Cl)ccc1NC(=O)OC(C)(C)C)C(F)(F)F. The first-order chi connectivity index (χ1) is 13.7. The van der Waals surface area contributed by atoms with Gasteiger partial charge in [-0.3, -0.25) is 5.32 Å². The number of aliphatic hydroxyl groups is 1. The van der Waals surface area contributed by atoms with Gasteiger partial charge in [-0.25, -0.2) is 4.79 Å². The highest BCUT2D eigenvalue weighted by atomic mass is 35.5. The lowest BCUT2D eigenvalue weighted by Gasteiger charge is -2.28. The van der Waals surface area contributed by atoms with E-state index in [9.17, 15) is 23.1 Å². The van der Waals surface area contributed by atoms with E-state index in [0.29, 0.717) is 6.07 Å². The largest absolute Gasteiger partial charge is 0.444 e. The standard InChI is InChI=1S/C18H19ClF3NO3/c1-16(2,3)26-15(24)23-14-7-6-12(19)10-13(14)17(25,18(20,21)22)9-8-11-4-5-11/h6-7,10-11,25H,4-5H2,1-3H3,(H,23,24)/i4D2,5D2,11D. The zero-order chi connectivity index (χ0) is 24.3. The smallest absolute Gasteiger partial charge is 0.433 e. The third-order valence-electron chi connectivity index (χ3n) is 3.04. The molecule has 0 radical (unpaired) electrons. The predicted octanol–water partition coefficient (Wildman–Crippen LogP) is 4.85. The van der Waals surface area contributed by atoms with Crippen molar-refractivity contribution in [3.63, 3.8) is 0 Å². The van der Waals surface area contributed by atoms with E-state index in [1.165, 1.54) is 26.7 Å². The number of hydrogen-bond acceptors (Lipinski definition) is 3. The van der Waals surface area contributed by atoms with Crippen molar-refractivity contribution in [2.45, 2.75) is 50.9 Å². The molecule has 2 rings (SSSR count). The summed E-state index contributed by atoms with van der Waals surface area (Å²) in [4.78, 5) is 12.0. The van der Waals surface area contributed by atoms with Gasteiger partial charge in [-0.2, -0.15) is 13.2 Å². The van der Waals surface area contributed by atoms with E-state index in [4.69, 9.17) is 23.2 Å². The van der Waals surface area contributed by atoms with Gasteiger partial charge in [0.25, 0.3) is 0 Å². The van der Waals surface area contributed by atoms with Crippen molar-refractivity contribution < 1.29 is 34.7 Å². The Morgan fingerprint density at radius 3 is 2.54 bits per heavy atom. The molecule has 1 aromatic carbocycles. The van der Waals surface area contributed by atoms with Crippen LogP contribution in [0.25, 0.3) is 0 Å². The minimum absolute atomic E-state index is 0.244. The summed E-state index contributed by atoms with van der Waals surface area (Å²) in [5.41, 5.74) is -6.53. The summed E-state index contributed by atoms with van der Waals surface area (Å²) in [7, 11) is 0. The van der Waals surface area contributed by atoms with Gasteiger partial charge in [-0.1, -0.05) is 23.4 Å². The summed E-state index contributed by atoms with van der Waals surface area (Å²) < 4.78 is 84.4. The molecule has 0 aromatic heterocycles. The minimum atomic E-state index is -5.49. The van der Waals surface area contributed by atoms with E-state index in [-0.39, 0.29) is 5.02 Å². The van der Waals surface area contributed by atoms with Crippen molar-refractivity contribution in [3.8, 4) is 11.8 Å². The van der Waals surface area contributed by atoms with Gasteiger partial charge in [0.15, 0.2) is 0 Å². The number of benzene rings is 1. The fourth-order valence-electron chi connectivity index (χ4n) is 1.88. The van der Waals surface area contributed by atoms with Gasteiger partial charge in [0, 0.05) is 23.3 Å². The number of amides is 1. The van der Waals surface area contributed by atoms with E-state index < -0.39 is 53.4 Å². The molecule has 0 saturated heterocycles. The second-order valence-corrected chi connectivity index (χ2v) is 6.84. The molecule has 1 aromatic rings. The molecule has 1 amide bonds. The van der Waals surface area contributed by atoms with E-state index in [0.717, 1.165) is 12.1 Å². The lowest BCUT2D eigenvalue weighted by molar-refractivity contribution is -0.240. The molecule has 0 spiro atoms. The van der Waals surface area contributed by atoms with Gasteiger partial charge in [0.05, 0.1) is 5.69 Å². The third-order valence-corrected chi connectivity index (χ3v) is 3.27. The fraction of sp³-hybridized carbons (Fsp3) is 0.500. The fourth-order valence-corrected chi connectivity index (χ4v) is 2.05. The molecule has 1 aliphatic rings. The first-order valence-corrected chi connectivity index (χ1v) is 7.71. The highest BCUT2D eigenvalue weighted by Crippen LogP contribution is 2.43. The molecule has 0 bridgehead atoms. The Labute approximate surface area is 161 Å². The maximum Gasteiger partial charge on any atom is 0.433 e. The van der Waals surface area contributed by atoms with Crippen molar-refractivity contribution in [2.24, 2.45) is 5.89 Å². The van der Waals surface area contributed by atoms with E-state index >= 15 is 0 Å². The first kappa shape index (κ1) is 14.2. The summed E-state index contributed by atoms with van der Waals surface area (Å²) >= 11 is 5.78. The predicted molar refractivity (Wildman–Crippen MR) is 91.8 cm³/mol. The highest BCUT2D eigenvalue weighted by Gasteiger charge is 2.55. The van der Waals surface area contributed by atoms with Gasteiger partial charge >= 0.3 is 12.3 Å². The van der Waals surface area contributed by atoms with Gasteiger partial charge in [-0.15, -0.1) is 0 Å². The number of alkyl halides is 3. The van der Waals surface area contributed by atoms with Crippen LogP contribution in [0.15, 0.2) is 18.2 Å². The lowest BCUT2D eigenvalue weighted by Crippen LogP contribution is -2.42. The molecule has 1 aliphatic carbocycles. The maximum absolute atomic E-state index is 13.9. The summed E-state index contributed by atoms with van der Waals surface area (Å²) in [6, 6.07) is 2.82. The van der Waals surface area contributed by atoms with Gasteiger partial charge < -0.3 is 9.84 Å². The Kier molecular flexibility index (Phi) is 3.82. The highest BCUT2D eigenvalue weighted by molar-refractivity contribution is 6.30. The van der Waals surface area contributed by atoms with Gasteiger partial charge in [-0.05, 0) is 51.7 Å². The first-order valence-electron chi connectivity index (χ1n) is 9.83. The van der Waals surface area contributed by atoms with Crippen molar-refractivity contribution in [1.29, 1.82) is 0 Å². The van der Waals surface area contributed by atoms with E-state index in [2.05, 4.69) is 5.32 Å². The molecule has 1 atom stereocenters. The van der Waals surface area contributed by atoms with E-state index in [1.54, 1.807) is 5.92 Å². The molecular formula is C18H19ClF3NO3. The van der Waals surface area contributed by atoms with Gasteiger partial charge in [0.1, 0.15) is 5.60 Å².